The minimum Gasteiger partial charge on any atom is -0.493 e. The lowest BCUT2D eigenvalue weighted by molar-refractivity contribution is -0.114. The molecule has 0 bridgehead atoms. The first-order valence-corrected chi connectivity index (χ1v) is 14.5. The van der Waals surface area contributed by atoms with E-state index in [2.05, 4.69) is 16.0 Å². The highest BCUT2D eigenvalue weighted by atomic mass is 35.5. The second-order valence-corrected chi connectivity index (χ2v) is 10.7. The number of halogens is 1. The number of nitrogens with one attached hydrogen (secondary N) is 3. The Morgan fingerprint density at radius 2 is 1.56 bits per heavy atom. The van der Waals surface area contributed by atoms with Gasteiger partial charge in [0.1, 0.15) is 5.70 Å². The van der Waals surface area contributed by atoms with E-state index in [-0.39, 0.29) is 17.4 Å². The van der Waals surface area contributed by atoms with Gasteiger partial charge in [-0.05, 0) is 73.2 Å². The molecule has 0 saturated heterocycles. The molecule has 10 heteroatoms. The van der Waals surface area contributed by atoms with Crippen molar-refractivity contribution in [2.75, 3.05) is 30.6 Å². The SMILES string of the molecule is COc1cccc(/C=C(\NC(=O)c2ccccc2)C(=O)Nc2ccc(SCC(=O)Nc3ccc(C)c(Cl)c3)cc2)c1OC. The highest BCUT2D eigenvalue weighted by molar-refractivity contribution is 8.00. The Bertz CT molecular complexity index is 1640. The van der Waals surface area contributed by atoms with Crippen molar-refractivity contribution < 1.29 is 23.9 Å². The molecular weight excluding hydrogens is 586 g/mol. The van der Waals surface area contributed by atoms with Crippen molar-refractivity contribution in [1.29, 1.82) is 0 Å². The lowest BCUT2D eigenvalue weighted by atomic mass is 10.1. The standard InChI is InChI=1S/C33H30ClN3O5S/c1-21-12-13-25(19-27(21)34)35-30(38)20-43-26-16-14-24(15-17-26)36-33(40)28(37-32(39)22-8-5-4-6-9-22)18-23-10-7-11-29(41-2)31(23)42-3/h4-19H,20H2,1-3H3,(H,35,38)(H,36,40)(H,37,39)/b28-18-. The van der Waals surface area contributed by atoms with Crippen LogP contribution in [0.15, 0.2) is 102 Å². The van der Waals surface area contributed by atoms with Crippen LogP contribution in [-0.4, -0.2) is 37.7 Å². The fourth-order valence-electron chi connectivity index (χ4n) is 3.97. The Balaban J connectivity index is 1.46. The summed E-state index contributed by atoms with van der Waals surface area (Å²) >= 11 is 7.49. The number of thioether (sulfide) groups is 1. The van der Waals surface area contributed by atoms with Crippen LogP contribution in [0.3, 0.4) is 0 Å². The smallest absolute Gasteiger partial charge is 0.272 e. The number of anilines is 2. The van der Waals surface area contributed by atoms with Gasteiger partial charge in [0.25, 0.3) is 11.8 Å². The molecule has 8 nitrogen and oxygen atoms in total. The van der Waals surface area contributed by atoms with Crippen molar-refractivity contribution in [3.05, 3.63) is 118 Å². The van der Waals surface area contributed by atoms with Crippen LogP contribution in [-0.2, 0) is 9.59 Å². The molecule has 0 aliphatic heterocycles. The molecular formula is C33H30ClN3O5S. The quantitative estimate of drug-likeness (QED) is 0.126. The van der Waals surface area contributed by atoms with Crippen molar-refractivity contribution >= 4 is 58.5 Å². The molecule has 0 spiro atoms. The minimum atomic E-state index is -0.536. The normalized spacial score (nSPS) is 10.9. The monoisotopic (exact) mass is 615 g/mol. The molecule has 0 aliphatic rings. The van der Waals surface area contributed by atoms with Crippen LogP contribution in [0.4, 0.5) is 11.4 Å². The van der Waals surface area contributed by atoms with Crippen LogP contribution < -0.4 is 25.4 Å². The molecule has 220 valence electrons. The van der Waals surface area contributed by atoms with Gasteiger partial charge in [0.05, 0.1) is 20.0 Å². The molecule has 0 aliphatic carbocycles. The molecule has 3 amide bonds. The van der Waals surface area contributed by atoms with Crippen LogP contribution in [0.1, 0.15) is 21.5 Å². The molecule has 0 aromatic heterocycles. The summed E-state index contributed by atoms with van der Waals surface area (Å²) in [6.07, 6.45) is 1.53. The Morgan fingerprint density at radius 3 is 2.23 bits per heavy atom. The van der Waals surface area contributed by atoms with E-state index < -0.39 is 11.8 Å². The zero-order valence-electron chi connectivity index (χ0n) is 23.8. The number of methoxy groups -OCH3 is 2. The van der Waals surface area contributed by atoms with Crippen molar-refractivity contribution in [3.63, 3.8) is 0 Å². The van der Waals surface area contributed by atoms with Gasteiger partial charge in [-0.25, -0.2) is 0 Å². The van der Waals surface area contributed by atoms with Gasteiger partial charge in [0.2, 0.25) is 5.91 Å². The van der Waals surface area contributed by atoms with Crippen LogP contribution >= 0.6 is 23.4 Å². The summed E-state index contributed by atoms with van der Waals surface area (Å²) in [7, 11) is 3.02. The maximum atomic E-state index is 13.4. The number of aryl methyl sites for hydroxylation is 1. The summed E-state index contributed by atoms with van der Waals surface area (Å²) in [5, 5.41) is 8.96. The largest absolute Gasteiger partial charge is 0.493 e. The molecule has 0 atom stereocenters. The third kappa shape index (κ3) is 8.64. The molecule has 3 N–H and O–H groups in total. The summed E-state index contributed by atoms with van der Waals surface area (Å²) in [5.74, 6) is -0.0560. The van der Waals surface area contributed by atoms with Gasteiger partial charge in [-0.2, -0.15) is 0 Å². The van der Waals surface area contributed by atoms with E-state index in [4.69, 9.17) is 21.1 Å². The number of rotatable bonds is 11. The molecule has 4 aromatic rings. The first-order chi connectivity index (χ1) is 20.8. The molecule has 0 unspecified atom stereocenters. The molecule has 0 heterocycles. The molecule has 4 aromatic carbocycles. The zero-order valence-corrected chi connectivity index (χ0v) is 25.3. The van der Waals surface area contributed by atoms with E-state index in [0.29, 0.717) is 39.0 Å². The van der Waals surface area contributed by atoms with Gasteiger partial charge >= 0.3 is 0 Å². The molecule has 0 fully saturated rings. The number of hydrogen-bond acceptors (Lipinski definition) is 6. The third-order valence-corrected chi connectivity index (χ3v) is 7.62. The van der Waals surface area contributed by atoms with Gasteiger partial charge in [-0.15, -0.1) is 11.8 Å². The number of carbonyl (C=O) groups excluding carboxylic acids is 3. The summed E-state index contributed by atoms with van der Waals surface area (Å²) in [5.41, 5.74) is 3.02. The summed E-state index contributed by atoms with van der Waals surface area (Å²) in [6.45, 7) is 1.89. The number of ether oxygens (including phenoxy) is 2. The Morgan fingerprint density at radius 1 is 0.837 bits per heavy atom. The van der Waals surface area contributed by atoms with Crippen molar-refractivity contribution in [2.24, 2.45) is 0 Å². The number of benzene rings is 4. The minimum absolute atomic E-state index is 0.00624. The van der Waals surface area contributed by atoms with Crippen LogP contribution in [0.2, 0.25) is 5.02 Å². The lowest BCUT2D eigenvalue weighted by Gasteiger charge is -2.14. The van der Waals surface area contributed by atoms with E-state index in [0.717, 1.165) is 10.5 Å². The average Bonchev–Trinajstić information content (AvgIpc) is 3.02. The Kier molecular flexibility index (Phi) is 10.9. The lowest BCUT2D eigenvalue weighted by Crippen LogP contribution is -2.30. The Hall–Kier alpha value is -4.73. The number of para-hydroxylation sites is 1. The Labute approximate surface area is 259 Å². The summed E-state index contributed by atoms with van der Waals surface area (Å²) in [6, 6.07) is 26.2. The van der Waals surface area contributed by atoms with E-state index in [1.807, 2.05) is 13.0 Å². The second-order valence-electron chi connectivity index (χ2n) is 9.24. The van der Waals surface area contributed by atoms with Crippen LogP contribution in [0.5, 0.6) is 11.5 Å². The molecule has 0 radical (unpaired) electrons. The van der Waals surface area contributed by atoms with Crippen LogP contribution in [0, 0.1) is 6.92 Å². The van der Waals surface area contributed by atoms with Crippen molar-refractivity contribution in [1.82, 2.24) is 5.32 Å². The highest BCUT2D eigenvalue weighted by Gasteiger charge is 2.17. The second kappa shape index (κ2) is 14.9. The maximum Gasteiger partial charge on any atom is 0.272 e. The van der Waals surface area contributed by atoms with Crippen LogP contribution in [0.25, 0.3) is 6.08 Å². The van der Waals surface area contributed by atoms with E-state index in [9.17, 15) is 14.4 Å². The van der Waals surface area contributed by atoms with E-state index in [1.165, 1.54) is 32.1 Å². The number of amides is 3. The van der Waals surface area contributed by atoms with Gasteiger partial charge in [-0.1, -0.05) is 48.0 Å². The van der Waals surface area contributed by atoms with Crippen molar-refractivity contribution in [2.45, 2.75) is 11.8 Å². The highest BCUT2D eigenvalue weighted by Crippen LogP contribution is 2.32. The molecule has 0 saturated carbocycles. The van der Waals surface area contributed by atoms with E-state index in [1.54, 1.807) is 84.9 Å². The fraction of sp³-hybridized carbons (Fsp3) is 0.121. The first-order valence-electron chi connectivity index (χ1n) is 13.2. The first kappa shape index (κ1) is 31.2. The fourth-order valence-corrected chi connectivity index (χ4v) is 4.85. The van der Waals surface area contributed by atoms with Crippen molar-refractivity contribution in [3.8, 4) is 11.5 Å². The number of hydrogen-bond donors (Lipinski definition) is 3. The molecule has 43 heavy (non-hydrogen) atoms. The van der Waals surface area contributed by atoms with E-state index >= 15 is 0 Å². The van der Waals surface area contributed by atoms with Gasteiger partial charge in [0.15, 0.2) is 11.5 Å². The van der Waals surface area contributed by atoms with Gasteiger partial charge in [0, 0.05) is 32.4 Å². The predicted molar refractivity (Wildman–Crippen MR) is 172 cm³/mol. The molecule has 4 rings (SSSR count). The number of carbonyl (C=O) groups is 3. The summed E-state index contributed by atoms with van der Waals surface area (Å²) in [4.78, 5) is 39.6. The average molecular weight is 616 g/mol. The summed E-state index contributed by atoms with van der Waals surface area (Å²) < 4.78 is 10.9. The van der Waals surface area contributed by atoms with Gasteiger partial charge in [-0.3, -0.25) is 14.4 Å². The maximum absolute atomic E-state index is 13.4. The zero-order chi connectivity index (χ0) is 30.8. The van der Waals surface area contributed by atoms with Gasteiger partial charge < -0.3 is 25.4 Å². The topological polar surface area (TPSA) is 106 Å². The predicted octanol–water partition coefficient (Wildman–Crippen LogP) is 6.81. The third-order valence-electron chi connectivity index (χ3n) is 6.20.